The van der Waals surface area contributed by atoms with Gasteiger partial charge in [-0.3, -0.25) is 4.79 Å². The minimum absolute atomic E-state index is 0.190. The van der Waals surface area contributed by atoms with Crippen LogP contribution in [-0.2, 0) is 10.3 Å². The Morgan fingerprint density at radius 2 is 2.23 bits per heavy atom. The van der Waals surface area contributed by atoms with Crippen LogP contribution >= 0.6 is 11.6 Å². The Balaban J connectivity index is 2.62. The zero-order chi connectivity index (χ0) is 9.64. The minimum atomic E-state index is -0.931. The molecule has 3 N–H and O–H groups in total. The summed E-state index contributed by atoms with van der Waals surface area (Å²) in [5, 5.41) is 3.27. The summed E-state index contributed by atoms with van der Waals surface area (Å²) in [5.74, 6) is -0.190. The first-order valence-electron chi connectivity index (χ1n) is 3.92. The Kier molecular flexibility index (Phi) is 1.62. The van der Waals surface area contributed by atoms with Gasteiger partial charge in [-0.15, -0.1) is 0 Å². The Morgan fingerprint density at radius 1 is 1.54 bits per heavy atom. The van der Waals surface area contributed by atoms with Gasteiger partial charge in [0.25, 0.3) is 0 Å². The van der Waals surface area contributed by atoms with Crippen LogP contribution in [0, 0.1) is 0 Å². The third kappa shape index (κ3) is 1.12. The van der Waals surface area contributed by atoms with Crippen LogP contribution in [-0.4, -0.2) is 5.91 Å². The Hall–Kier alpha value is -1.06. The molecular weight excluding hydrogens is 188 g/mol. The van der Waals surface area contributed by atoms with Gasteiger partial charge in [0.15, 0.2) is 0 Å². The lowest BCUT2D eigenvalue weighted by Crippen LogP contribution is -2.40. The first-order valence-corrected chi connectivity index (χ1v) is 4.30. The van der Waals surface area contributed by atoms with E-state index in [0.717, 1.165) is 5.56 Å². The van der Waals surface area contributed by atoms with E-state index in [-0.39, 0.29) is 5.91 Å². The number of benzene rings is 1. The molecule has 0 radical (unpaired) electrons. The fourth-order valence-electron chi connectivity index (χ4n) is 1.45. The molecule has 1 heterocycles. The molecule has 0 saturated carbocycles. The summed E-state index contributed by atoms with van der Waals surface area (Å²) in [4.78, 5) is 11.4. The summed E-state index contributed by atoms with van der Waals surface area (Å²) in [6.45, 7) is 1.68. The zero-order valence-electron chi connectivity index (χ0n) is 7.10. The van der Waals surface area contributed by atoms with Crippen LogP contribution < -0.4 is 11.1 Å². The summed E-state index contributed by atoms with van der Waals surface area (Å²) in [6, 6.07) is 5.20. The molecule has 0 unspecified atom stereocenters. The van der Waals surface area contributed by atoms with Gasteiger partial charge in [0.2, 0.25) is 5.91 Å². The number of anilines is 1. The van der Waals surface area contributed by atoms with Gasteiger partial charge in [-0.1, -0.05) is 17.7 Å². The van der Waals surface area contributed by atoms with Crippen LogP contribution in [0.5, 0.6) is 0 Å². The summed E-state index contributed by atoms with van der Waals surface area (Å²) in [6.07, 6.45) is 0. The van der Waals surface area contributed by atoms with E-state index < -0.39 is 5.54 Å². The highest BCUT2D eigenvalue weighted by molar-refractivity contribution is 6.31. The normalized spacial score (nSPS) is 25.6. The Bertz CT molecular complexity index is 387. The van der Waals surface area contributed by atoms with Crippen molar-refractivity contribution in [3.8, 4) is 0 Å². The van der Waals surface area contributed by atoms with Gasteiger partial charge in [0, 0.05) is 16.3 Å². The highest BCUT2D eigenvalue weighted by atomic mass is 35.5. The van der Waals surface area contributed by atoms with Crippen molar-refractivity contribution in [2.24, 2.45) is 5.73 Å². The molecule has 1 atom stereocenters. The van der Waals surface area contributed by atoms with Gasteiger partial charge < -0.3 is 11.1 Å². The second-order valence-electron chi connectivity index (χ2n) is 3.35. The van der Waals surface area contributed by atoms with E-state index in [2.05, 4.69) is 5.32 Å². The molecule has 1 aliphatic rings. The van der Waals surface area contributed by atoms with E-state index in [9.17, 15) is 4.79 Å². The van der Waals surface area contributed by atoms with Crippen molar-refractivity contribution in [3.05, 3.63) is 28.8 Å². The van der Waals surface area contributed by atoms with Gasteiger partial charge in [-0.05, 0) is 19.1 Å². The number of carbonyl (C=O) groups excluding carboxylic acids is 1. The molecule has 4 heteroatoms. The van der Waals surface area contributed by atoms with Crippen LogP contribution in [0.4, 0.5) is 5.69 Å². The third-order valence-corrected chi connectivity index (χ3v) is 2.50. The van der Waals surface area contributed by atoms with Crippen molar-refractivity contribution < 1.29 is 4.79 Å². The first kappa shape index (κ1) is 8.53. The first-order chi connectivity index (χ1) is 6.01. The number of hydrogen-bond acceptors (Lipinski definition) is 2. The predicted molar refractivity (Wildman–Crippen MR) is 51.6 cm³/mol. The molecule has 0 fully saturated rings. The van der Waals surface area contributed by atoms with E-state index in [1.54, 1.807) is 25.1 Å². The standard InChI is InChI=1S/C9H9ClN2O/c1-9(11)6-3-2-5(10)4-7(6)12-8(9)13/h2-4H,11H2,1H3,(H,12,13)/t9-/m1/s1. The maximum Gasteiger partial charge on any atom is 0.248 e. The number of nitrogens with one attached hydrogen (secondary N) is 1. The quantitative estimate of drug-likeness (QED) is 0.660. The number of amides is 1. The van der Waals surface area contributed by atoms with E-state index >= 15 is 0 Å². The molecule has 13 heavy (non-hydrogen) atoms. The van der Waals surface area contributed by atoms with Crippen molar-refractivity contribution in [2.75, 3.05) is 5.32 Å². The van der Waals surface area contributed by atoms with E-state index in [1.165, 1.54) is 0 Å². The third-order valence-electron chi connectivity index (χ3n) is 2.26. The van der Waals surface area contributed by atoms with Crippen molar-refractivity contribution in [2.45, 2.75) is 12.5 Å². The largest absolute Gasteiger partial charge is 0.324 e. The zero-order valence-corrected chi connectivity index (χ0v) is 7.85. The average Bonchev–Trinajstić information content (AvgIpc) is 2.23. The molecule has 1 aromatic rings. The smallest absolute Gasteiger partial charge is 0.248 e. The molecule has 0 spiro atoms. The monoisotopic (exact) mass is 196 g/mol. The van der Waals surface area contributed by atoms with Crippen molar-refractivity contribution >= 4 is 23.2 Å². The summed E-state index contributed by atoms with van der Waals surface area (Å²) < 4.78 is 0. The molecule has 1 aliphatic heterocycles. The lowest BCUT2D eigenvalue weighted by molar-refractivity contribution is -0.120. The van der Waals surface area contributed by atoms with Crippen LogP contribution in [0.3, 0.4) is 0 Å². The fourth-order valence-corrected chi connectivity index (χ4v) is 1.62. The molecule has 1 aromatic carbocycles. The van der Waals surface area contributed by atoms with E-state index in [0.29, 0.717) is 10.7 Å². The average molecular weight is 197 g/mol. The molecule has 68 valence electrons. The van der Waals surface area contributed by atoms with Gasteiger partial charge in [0.1, 0.15) is 5.54 Å². The highest BCUT2D eigenvalue weighted by Crippen LogP contribution is 2.35. The minimum Gasteiger partial charge on any atom is -0.324 e. The molecule has 3 nitrogen and oxygen atoms in total. The SMILES string of the molecule is C[C@]1(N)C(=O)Nc2cc(Cl)ccc21. The van der Waals surface area contributed by atoms with Crippen LogP contribution in [0.2, 0.25) is 5.02 Å². The Labute approximate surface area is 80.9 Å². The lowest BCUT2D eigenvalue weighted by Gasteiger charge is -2.14. The number of halogens is 1. The van der Waals surface area contributed by atoms with Crippen molar-refractivity contribution in [1.29, 1.82) is 0 Å². The van der Waals surface area contributed by atoms with E-state index in [1.807, 2.05) is 0 Å². The highest BCUT2D eigenvalue weighted by Gasteiger charge is 2.38. The summed E-state index contributed by atoms with van der Waals surface area (Å²) >= 11 is 5.77. The second kappa shape index (κ2) is 2.47. The topological polar surface area (TPSA) is 55.1 Å². The number of nitrogens with two attached hydrogens (primary N) is 1. The summed E-state index contributed by atoms with van der Waals surface area (Å²) in [5.41, 5.74) is 6.40. The van der Waals surface area contributed by atoms with Crippen LogP contribution in [0.25, 0.3) is 0 Å². The predicted octanol–water partition coefficient (Wildman–Crippen LogP) is 1.47. The molecule has 0 aromatic heterocycles. The molecule has 2 rings (SSSR count). The molecule has 0 bridgehead atoms. The van der Waals surface area contributed by atoms with Gasteiger partial charge >= 0.3 is 0 Å². The molecule has 1 amide bonds. The number of hydrogen-bond donors (Lipinski definition) is 2. The number of rotatable bonds is 0. The molecule has 0 saturated heterocycles. The van der Waals surface area contributed by atoms with Crippen LogP contribution in [0.1, 0.15) is 12.5 Å². The maximum atomic E-state index is 11.4. The van der Waals surface area contributed by atoms with Gasteiger partial charge in [0.05, 0.1) is 0 Å². The van der Waals surface area contributed by atoms with Crippen molar-refractivity contribution in [3.63, 3.8) is 0 Å². The van der Waals surface area contributed by atoms with Crippen molar-refractivity contribution in [1.82, 2.24) is 0 Å². The summed E-state index contributed by atoms with van der Waals surface area (Å²) in [7, 11) is 0. The van der Waals surface area contributed by atoms with Gasteiger partial charge in [-0.25, -0.2) is 0 Å². The molecular formula is C9H9ClN2O. The Morgan fingerprint density at radius 3 is 2.92 bits per heavy atom. The number of fused-ring (bicyclic) bond motifs is 1. The fraction of sp³-hybridized carbons (Fsp3) is 0.222. The number of carbonyl (C=O) groups is 1. The molecule has 0 aliphatic carbocycles. The maximum absolute atomic E-state index is 11.4. The second-order valence-corrected chi connectivity index (χ2v) is 3.78. The van der Waals surface area contributed by atoms with Gasteiger partial charge in [-0.2, -0.15) is 0 Å². The lowest BCUT2D eigenvalue weighted by atomic mass is 9.95. The van der Waals surface area contributed by atoms with E-state index in [4.69, 9.17) is 17.3 Å². The van der Waals surface area contributed by atoms with Crippen LogP contribution in [0.15, 0.2) is 18.2 Å².